The van der Waals surface area contributed by atoms with Gasteiger partial charge in [0.25, 0.3) is 5.91 Å². The minimum Gasteiger partial charge on any atom is -0.334 e. The maximum atomic E-state index is 12.9. The minimum absolute atomic E-state index is 0.242. The van der Waals surface area contributed by atoms with Crippen molar-refractivity contribution in [2.45, 2.75) is 31.8 Å². The first-order valence-corrected chi connectivity index (χ1v) is 10.5. The van der Waals surface area contributed by atoms with Crippen molar-refractivity contribution < 1.29 is 14.3 Å². The molecule has 2 N–H and O–H groups in total. The highest BCUT2D eigenvalue weighted by Gasteiger charge is 2.47. The van der Waals surface area contributed by atoms with E-state index in [2.05, 4.69) is 36.7 Å². The first-order chi connectivity index (χ1) is 15.0. The Morgan fingerprint density at radius 1 is 0.935 bits per heavy atom. The molecule has 1 heterocycles. The molecular formula is C26H26N3O2+. The van der Waals surface area contributed by atoms with Crippen LogP contribution in [0.1, 0.15) is 52.9 Å². The number of hydrogen-bond donors (Lipinski definition) is 2. The smallest absolute Gasteiger partial charge is 0.304 e. The number of hydrazone groups is 1. The van der Waals surface area contributed by atoms with Gasteiger partial charge in [-0.2, -0.15) is 0 Å². The maximum absolute atomic E-state index is 12.9. The summed E-state index contributed by atoms with van der Waals surface area (Å²) in [6, 6.07) is 25.9. The van der Waals surface area contributed by atoms with E-state index < -0.39 is 6.04 Å². The largest absolute Gasteiger partial charge is 0.334 e. The van der Waals surface area contributed by atoms with Gasteiger partial charge in [0.15, 0.2) is 6.04 Å². The van der Waals surface area contributed by atoms with Crippen LogP contribution in [0.25, 0.3) is 0 Å². The fourth-order valence-electron chi connectivity index (χ4n) is 3.77. The number of benzene rings is 3. The van der Waals surface area contributed by atoms with Gasteiger partial charge in [0, 0.05) is 16.7 Å². The SMILES string of the molecule is CC(C)c1ccc(/C=[N+]2\NC(=O)[C@H](NC(=O)c3ccccc3)[C@H]2c2ccccc2)cc1. The lowest BCUT2D eigenvalue weighted by atomic mass is 9.99. The van der Waals surface area contributed by atoms with Gasteiger partial charge in [-0.3, -0.25) is 9.59 Å². The Morgan fingerprint density at radius 3 is 2.16 bits per heavy atom. The zero-order valence-corrected chi connectivity index (χ0v) is 17.7. The van der Waals surface area contributed by atoms with Crippen LogP contribution in [0.4, 0.5) is 0 Å². The average molecular weight is 413 g/mol. The number of carbonyl (C=O) groups excluding carboxylic acids is 2. The predicted octanol–water partition coefficient (Wildman–Crippen LogP) is 3.83. The van der Waals surface area contributed by atoms with E-state index in [1.54, 1.807) is 28.9 Å². The summed E-state index contributed by atoms with van der Waals surface area (Å²) in [6.07, 6.45) is 1.91. The Bertz CT molecular complexity index is 1090. The summed E-state index contributed by atoms with van der Waals surface area (Å²) in [6.45, 7) is 4.32. The van der Waals surface area contributed by atoms with E-state index in [1.165, 1.54) is 5.56 Å². The molecule has 0 unspecified atom stereocenters. The molecule has 1 saturated heterocycles. The summed E-state index contributed by atoms with van der Waals surface area (Å²) >= 11 is 0. The number of carbonyl (C=O) groups is 2. The van der Waals surface area contributed by atoms with E-state index in [9.17, 15) is 9.59 Å². The molecule has 0 bridgehead atoms. The summed E-state index contributed by atoms with van der Waals surface area (Å²) in [7, 11) is 0. The Morgan fingerprint density at radius 2 is 1.55 bits per heavy atom. The number of hydrogen-bond acceptors (Lipinski definition) is 2. The molecule has 5 heteroatoms. The van der Waals surface area contributed by atoms with E-state index in [0.717, 1.165) is 11.1 Å². The van der Waals surface area contributed by atoms with Gasteiger partial charge in [0.2, 0.25) is 12.3 Å². The van der Waals surface area contributed by atoms with Crippen molar-refractivity contribution in [3.05, 3.63) is 107 Å². The summed E-state index contributed by atoms with van der Waals surface area (Å²) in [5.41, 5.74) is 6.61. The lowest BCUT2D eigenvalue weighted by Crippen LogP contribution is -2.42. The van der Waals surface area contributed by atoms with Crippen LogP contribution < -0.4 is 10.7 Å². The molecular weight excluding hydrogens is 386 g/mol. The summed E-state index contributed by atoms with van der Waals surface area (Å²) in [5, 5.41) is 2.92. The Hall–Kier alpha value is -3.73. The van der Waals surface area contributed by atoms with E-state index >= 15 is 0 Å². The quantitative estimate of drug-likeness (QED) is 0.626. The van der Waals surface area contributed by atoms with Crippen molar-refractivity contribution in [2.24, 2.45) is 0 Å². The Kier molecular flexibility index (Phi) is 5.94. The highest BCUT2D eigenvalue weighted by molar-refractivity contribution is 5.98. The fourth-order valence-corrected chi connectivity index (χ4v) is 3.77. The molecule has 0 aliphatic carbocycles. The van der Waals surface area contributed by atoms with Gasteiger partial charge in [0.1, 0.15) is 0 Å². The second kappa shape index (κ2) is 8.96. The van der Waals surface area contributed by atoms with Crippen LogP contribution in [-0.2, 0) is 4.79 Å². The van der Waals surface area contributed by atoms with Gasteiger partial charge in [-0.05, 0) is 35.7 Å². The number of nitrogens with one attached hydrogen (secondary N) is 2. The third-order valence-corrected chi connectivity index (χ3v) is 5.49. The Balaban J connectivity index is 1.67. The first kappa shape index (κ1) is 20.5. The molecule has 1 aliphatic rings. The molecule has 31 heavy (non-hydrogen) atoms. The monoisotopic (exact) mass is 412 g/mol. The van der Waals surface area contributed by atoms with Crippen LogP contribution in [0.2, 0.25) is 0 Å². The maximum Gasteiger partial charge on any atom is 0.304 e. The molecule has 0 saturated carbocycles. The normalized spacial score (nSPS) is 19.5. The second-order valence-electron chi connectivity index (χ2n) is 8.01. The Labute approximate surface area is 182 Å². The van der Waals surface area contributed by atoms with Crippen molar-refractivity contribution in [3.8, 4) is 0 Å². The zero-order chi connectivity index (χ0) is 21.8. The lowest BCUT2D eigenvalue weighted by molar-refractivity contribution is -0.596. The highest BCUT2D eigenvalue weighted by Crippen LogP contribution is 2.25. The number of nitrogens with zero attached hydrogens (tertiary/aromatic N) is 1. The van der Waals surface area contributed by atoms with Crippen LogP contribution in [0.15, 0.2) is 84.9 Å². The van der Waals surface area contributed by atoms with Gasteiger partial charge >= 0.3 is 5.91 Å². The molecule has 0 radical (unpaired) electrons. The summed E-state index contributed by atoms with van der Waals surface area (Å²) in [4.78, 5) is 25.7. The van der Waals surface area contributed by atoms with Crippen molar-refractivity contribution >= 4 is 18.0 Å². The van der Waals surface area contributed by atoms with Crippen LogP contribution in [0.5, 0.6) is 0 Å². The van der Waals surface area contributed by atoms with Crippen LogP contribution >= 0.6 is 0 Å². The molecule has 0 spiro atoms. The molecule has 3 aromatic carbocycles. The first-order valence-electron chi connectivity index (χ1n) is 10.5. The molecule has 4 rings (SSSR count). The van der Waals surface area contributed by atoms with Crippen LogP contribution in [0, 0.1) is 0 Å². The van der Waals surface area contributed by atoms with Crippen molar-refractivity contribution in [3.63, 3.8) is 0 Å². The standard InChI is InChI=1S/C26H25N3O2/c1-18(2)20-15-13-19(14-16-20)17-29-24(21-9-5-3-6-10-21)23(26(31)28-29)27-25(30)22-11-7-4-8-12-22/h3-18,23-24H,1-2H3,(H-,27,28,30,31)/p+1/b29-17-/t23-,24-/m1/s1. The van der Waals surface area contributed by atoms with E-state index in [4.69, 9.17) is 0 Å². The van der Waals surface area contributed by atoms with Gasteiger partial charge in [-0.25, -0.2) is 0 Å². The molecule has 156 valence electrons. The molecule has 0 aromatic heterocycles. The molecule has 2 amide bonds. The summed E-state index contributed by atoms with van der Waals surface area (Å²) in [5.74, 6) is -0.0619. The predicted molar refractivity (Wildman–Crippen MR) is 121 cm³/mol. The third-order valence-electron chi connectivity index (χ3n) is 5.49. The zero-order valence-electron chi connectivity index (χ0n) is 17.7. The van der Waals surface area contributed by atoms with E-state index in [1.807, 2.05) is 54.7 Å². The topological polar surface area (TPSA) is 61.2 Å². The highest BCUT2D eigenvalue weighted by atomic mass is 16.2. The lowest BCUT2D eigenvalue weighted by Gasteiger charge is -2.14. The van der Waals surface area contributed by atoms with Gasteiger partial charge in [-0.15, -0.1) is 10.1 Å². The van der Waals surface area contributed by atoms with Gasteiger partial charge < -0.3 is 5.32 Å². The van der Waals surface area contributed by atoms with Crippen molar-refractivity contribution in [1.29, 1.82) is 0 Å². The van der Waals surface area contributed by atoms with Crippen LogP contribution in [0.3, 0.4) is 0 Å². The fraction of sp³-hybridized carbons (Fsp3) is 0.192. The molecule has 5 nitrogen and oxygen atoms in total. The van der Waals surface area contributed by atoms with Crippen molar-refractivity contribution in [2.75, 3.05) is 0 Å². The van der Waals surface area contributed by atoms with Gasteiger partial charge in [0.05, 0.1) is 0 Å². The number of rotatable bonds is 5. The molecule has 3 aromatic rings. The second-order valence-corrected chi connectivity index (χ2v) is 8.01. The van der Waals surface area contributed by atoms with Gasteiger partial charge in [-0.1, -0.05) is 74.5 Å². The average Bonchev–Trinajstić information content (AvgIpc) is 3.09. The van der Waals surface area contributed by atoms with E-state index in [-0.39, 0.29) is 17.9 Å². The van der Waals surface area contributed by atoms with E-state index in [0.29, 0.717) is 11.5 Å². The number of hydrazine groups is 1. The molecule has 1 fully saturated rings. The third kappa shape index (κ3) is 4.56. The molecule has 1 aliphatic heterocycles. The van der Waals surface area contributed by atoms with Crippen molar-refractivity contribution in [1.82, 2.24) is 10.7 Å². The molecule has 2 atom stereocenters. The summed E-state index contributed by atoms with van der Waals surface area (Å²) < 4.78 is 1.79. The van der Waals surface area contributed by atoms with Crippen LogP contribution in [-0.4, -0.2) is 28.8 Å². The number of amides is 2. The minimum atomic E-state index is -0.721.